The molecule has 0 bridgehead atoms. The van der Waals surface area contributed by atoms with E-state index >= 15 is 0 Å². The van der Waals surface area contributed by atoms with Crippen LogP contribution in [0.1, 0.15) is 12.5 Å². The van der Waals surface area contributed by atoms with Crippen molar-refractivity contribution in [1.29, 1.82) is 0 Å². The van der Waals surface area contributed by atoms with E-state index in [1.165, 1.54) is 6.08 Å². The SMILES string of the molecule is CC(Cn1ccnc1)NC(=O)/C=C/c1ccc(N)cc1. The Morgan fingerprint density at radius 3 is 2.85 bits per heavy atom. The number of nitrogen functional groups attached to an aromatic ring is 1. The van der Waals surface area contributed by atoms with Crippen LogP contribution < -0.4 is 11.1 Å². The van der Waals surface area contributed by atoms with Gasteiger partial charge in [0, 0.05) is 36.7 Å². The van der Waals surface area contributed by atoms with Gasteiger partial charge in [-0.15, -0.1) is 0 Å². The summed E-state index contributed by atoms with van der Waals surface area (Å²) in [7, 11) is 0. The molecule has 1 aromatic heterocycles. The maximum Gasteiger partial charge on any atom is 0.244 e. The second-order valence-corrected chi connectivity index (χ2v) is 4.67. The summed E-state index contributed by atoms with van der Waals surface area (Å²) in [6, 6.07) is 7.38. The van der Waals surface area contributed by atoms with Crippen LogP contribution in [-0.2, 0) is 11.3 Å². The predicted octanol–water partition coefficient (Wildman–Crippen LogP) is 1.68. The van der Waals surface area contributed by atoms with Crippen LogP contribution in [0.5, 0.6) is 0 Å². The van der Waals surface area contributed by atoms with Crippen LogP contribution in [0.3, 0.4) is 0 Å². The van der Waals surface area contributed by atoms with Gasteiger partial charge in [-0.3, -0.25) is 4.79 Å². The number of hydrogen-bond donors (Lipinski definition) is 2. The van der Waals surface area contributed by atoms with Crippen molar-refractivity contribution >= 4 is 17.7 Å². The standard InChI is InChI=1S/C15H18N4O/c1-12(10-19-9-8-17-11-19)18-15(20)7-4-13-2-5-14(16)6-3-13/h2-9,11-12H,10,16H2,1H3,(H,18,20)/b7-4+. The van der Waals surface area contributed by atoms with Crippen molar-refractivity contribution in [2.45, 2.75) is 19.5 Å². The van der Waals surface area contributed by atoms with Crippen LogP contribution in [0.4, 0.5) is 5.69 Å². The zero-order chi connectivity index (χ0) is 14.4. The number of amides is 1. The molecule has 0 spiro atoms. The van der Waals surface area contributed by atoms with E-state index in [-0.39, 0.29) is 11.9 Å². The molecule has 0 radical (unpaired) electrons. The smallest absolute Gasteiger partial charge is 0.244 e. The molecule has 0 aliphatic rings. The average Bonchev–Trinajstić information content (AvgIpc) is 2.90. The van der Waals surface area contributed by atoms with Crippen molar-refractivity contribution in [2.75, 3.05) is 5.73 Å². The third kappa shape index (κ3) is 4.28. The Labute approximate surface area is 118 Å². The third-order valence-electron chi connectivity index (χ3n) is 2.80. The molecule has 0 saturated heterocycles. The lowest BCUT2D eigenvalue weighted by molar-refractivity contribution is -0.117. The molecular formula is C15H18N4O. The highest BCUT2D eigenvalue weighted by Crippen LogP contribution is 2.06. The number of carbonyl (C=O) groups excluding carboxylic acids is 1. The number of hydrogen-bond acceptors (Lipinski definition) is 3. The molecule has 3 N–H and O–H groups in total. The topological polar surface area (TPSA) is 72.9 Å². The number of anilines is 1. The fraction of sp³-hybridized carbons (Fsp3) is 0.200. The molecule has 104 valence electrons. The molecule has 0 fully saturated rings. The number of rotatable bonds is 5. The average molecular weight is 270 g/mol. The summed E-state index contributed by atoms with van der Waals surface area (Å²) >= 11 is 0. The van der Waals surface area contributed by atoms with Crippen LogP contribution >= 0.6 is 0 Å². The van der Waals surface area contributed by atoms with Crippen LogP contribution in [0.25, 0.3) is 6.08 Å². The van der Waals surface area contributed by atoms with Gasteiger partial charge in [-0.2, -0.15) is 0 Å². The maximum atomic E-state index is 11.8. The number of nitrogens with two attached hydrogens (primary N) is 1. The number of nitrogens with one attached hydrogen (secondary N) is 1. The van der Waals surface area contributed by atoms with Gasteiger partial charge < -0.3 is 15.6 Å². The van der Waals surface area contributed by atoms with Crippen molar-refractivity contribution in [3.8, 4) is 0 Å². The highest BCUT2D eigenvalue weighted by atomic mass is 16.1. The summed E-state index contributed by atoms with van der Waals surface area (Å²) in [5.41, 5.74) is 7.25. The molecule has 1 aromatic carbocycles. The maximum absolute atomic E-state index is 11.8. The summed E-state index contributed by atoms with van der Waals surface area (Å²) < 4.78 is 1.93. The van der Waals surface area contributed by atoms with Crippen molar-refractivity contribution < 1.29 is 4.79 Å². The van der Waals surface area contributed by atoms with Crippen LogP contribution in [-0.4, -0.2) is 21.5 Å². The lowest BCUT2D eigenvalue weighted by Crippen LogP contribution is -2.34. The second kappa shape index (κ2) is 6.56. The fourth-order valence-corrected chi connectivity index (χ4v) is 1.83. The van der Waals surface area contributed by atoms with Gasteiger partial charge in [-0.25, -0.2) is 4.98 Å². The first-order valence-corrected chi connectivity index (χ1v) is 6.43. The first kappa shape index (κ1) is 13.9. The van der Waals surface area contributed by atoms with Crippen molar-refractivity contribution in [2.24, 2.45) is 0 Å². The summed E-state index contributed by atoms with van der Waals surface area (Å²) in [5, 5.41) is 2.90. The monoisotopic (exact) mass is 270 g/mol. The van der Waals surface area contributed by atoms with E-state index in [0.29, 0.717) is 12.2 Å². The summed E-state index contributed by atoms with van der Waals surface area (Å²) in [5.74, 6) is -0.116. The van der Waals surface area contributed by atoms with Gasteiger partial charge in [0.1, 0.15) is 0 Å². The largest absolute Gasteiger partial charge is 0.399 e. The minimum atomic E-state index is -0.116. The quantitative estimate of drug-likeness (QED) is 0.641. The second-order valence-electron chi connectivity index (χ2n) is 4.67. The van der Waals surface area contributed by atoms with Gasteiger partial charge in [0.25, 0.3) is 0 Å². The summed E-state index contributed by atoms with van der Waals surface area (Å²) in [6.45, 7) is 2.65. The predicted molar refractivity (Wildman–Crippen MR) is 79.7 cm³/mol. The Morgan fingerprint density at radius 2 is 2.20 bits per heavy atom. The molecule has 5 heteroatoms. The first-order chi connectivity index (χ1) is 9.63. The number of nitrogens with zero attached hydrogens (tertiary/aromatic N) is 2. The molecular weight excluding hydrogens is 252 g/mol. The highest BCUT2D eigenvalue weighted by Gasteiger charge is 2.04. The minimum Gasteiger partial charge on any atom is -0.399 e. The van der Waals surface area contributed by atoms with Crippen molar-refractivity contribution in [3.05, 3.63) is 54.6 Å². The molecule has 0 saturated carbocycles. The number of carbonyl (C=O) groups is 1. The normalized spacial score (nSPS) is 12.4. The Morgan fingerprint density at radius 1 is 1.45 bits per heavy atom. The van der Waals surface area contributed by atoms with Gasteiger partial charge in [-0.1, -0.05) is 12.1 Å². The molecule has 20 heavy (non-hydrogen) atoms. The van der Waals surface area contributed by atoms with E-state index in [2.05, 4.69) is 10.3 Å². The molecule has 0 aliphatic carbocycles. The summed E-state index contributed by atoms with van der Waals surface area (Å²) in [4.78, 5) is 15.7. The highest BCUT2D eigenvalue weighted by molar-refractivity contribution is 5.91. The zero-order valence-electron chi connectivity index (χ0n) is 11.4. The molecule has 1 unspecified atom stereocenters. The van der Waals surface area contributed by atoms with E-state index in [9.17, 15) is 4.79 Å². The van der Waals surface area contributed by atoms with E-state index < -0.39 is 0 Å². The van der Waals surface area contributed by atoms with Crippen molar-refractivity contribution in [1.82, 2.24) is 14.9 Å². The molecule has 2 aromatic rings. The summed E-state index contributed by atoms with van der Waals surface area (Å²) in [6.07, 6.45) is 8.60. The van der Waals surface area contributed by atoms with Crippen LogP contribution in [0, 0.1) is 0 Å². The number of imidazole rings is 1. The van der Waals surface area contributed by atoms with Crippen LogP contribution in [0.15, 0.2) is 49.1 Å². The third-order valence-corrected chi connectivity index (χ3v) is 2.80. The lowest BCUT2D eigenvalue weighted by Gasteiger charge is -2.12. The Kier molecular flexibility index (Phi) is 4.55. The van der Waals surface area contributed by atoms with Gasteiger partial charge in [-0.05, 0) is 30.7 Å². The van der Waals surface area contributed by atoms with Gasteiger partial charge >= 0.3 is 0 Å². The Hall–Kier alpha value is -2.56. The Bertz CT molecular complexity index is 572. The van der Waals surface area contributed by atoms with E-state index in [1.807, 2.05) is 29.8 Å². The van der Waals surface area contributed by atoms with Gasteiger partial charge in [0.15, 0.2) is 0 Å². The molecule has 1 amide bonds. The van der Waals surface area contributed by atoms with Crippen molar-refractivity contribution in [3.63, 3.8) is 0 Å². The molecule has 2 rings (SSSR count). The number of benzene rings is 1. The molecule has 5 nitrogen and oxygen atoms in total. The van der Waals surface area contributed by atoms with E-state index in [0.717, 1.165) is 5.56 Å². The van der Waals surface area contributed by atoms with Gasteiger partial charge in [0.2, 0.25) is 5.91 Å². The molecule has 0 aliphatic heterocycles. The molecule has 1 atom stereocenters. The van der Waals surface area contributed by atoms with E-state index in [1.54, 1.807) is 30.7 Å². The lowest BCUT2D eigenvalue weighted by atomic mass is 10.2. The van der Waals surface area contributed by atoms with Crippen LogP contribution in [0.2, 0.25) is 0 Å². The molecule has 1 heterocycles. The Balaban J connectivity index is 1.84. The first-order valence-electron chi connectivity index (χ1n) is 6.43. The van der Waals surface area contributed by atoms with Gasteiger partial charge in [0.05, 0.1) is 6.33 Å². The minimum absolute atomic E-state index is 0.0350. The van der Waals surface area contributed by atoms with E-state index in [4.69, 9.17) is 5.73 Å². The zero-order valence-corrected chi connectivity index (χ0v) is 11.4. The number of aromatic nitrogens is 2. The fourth-order valence-electron chi connectivity index (χ4n) is 1.83.